The molecule has 0 spiro atoms. The van der Waals surface area contributed by atoms with Gasteiger partial charge in [-0.1, -0.05) is 43.8 Å². The Hall–Kier alpha value is -2.03. The fourth-order valence-electron chi connectivity index (χ4n) is 2.08. The van der Waals surface area contributed by atoms with E-state index in [4.69, 9.17) is 5.73 Å². The van der Waals surface area contributed by atoms with Crippen LogP contribution < -0.4 is 5.73 Å². The molecule has 3 heteroatoms. The molecule has 0 aliphatic rings. The van der Waals surface area contributed by atoms with Crippen LogP contribution in [-0.2, 0) is 13.5 Å². The summed E-state index contributed by atoms with van der Waals surface area (Å²) in [6.45, 7) is 5.84. The molecule has 88 valence electrons. The Kier molecular flexibility index (Phi) is 3.00. The lowest BCUT2D eigenvalue weighted by Crippen LogP contribution is -1.95. The van der Waals surface area contributed by atoms with Gasteiger partial charge >= 0.3 is 0 Å². The van der Waals surface area contributed by atoms with Crippen molar-refractivity contribution in [3.05, 3.63) is 42.0 Å². The zero-order chi connectivity index (χ0) is 12.4. The molecule has 0 unspecified atom stereocenters. The lowest BCUT2D eigenvalue weighted by molar-refractivity contribution is 0.779. The summed E-state index contributed by atoms with van der Waals surface area (Å²) in [5.41, 5.74) is 10.4. The molecule has 0 fully saturated rings. The first-order chi connectivity index (χ1) is 8.17. The molecule has 0 radical (unpaired) electrons. The number of nitrogens with two attached hydrogens (primary N) is 1. The zero-order valence-corrected chi connectivity index (χ0v) is 10.3. The molecule has 0 saturated heterocycles. The fraction of sp³-hybridized carbons (Fsp3) is 0.214. The third kappa shape index (κ3) is 1.96. The summed E-state index contributed by atoms with van der Waals surface area (Å²) < 4.78 is 1.84. The van der Waals surface area contributed by atoms with E-state index in [0.717, 1.165) is 28.8 Å². The predicted molar refractivity (Wildman–Crippen MR) is 72.5 cm³/mol. The third-order valence-corrected chi connectivity index (χ3v) is 2.95. The zero-order valence-electron chi connectivity index (χ0n) is 10.3. The van der Waals surface area contributed by atoms with Crippen molar-refractivity contribution in [3.63, 3.8) is 0 Å². The molecule has 17 heavy (non-hydrogen) atoms. The van der Waals surface area contributed by atoms with E-state index < -0.39 is 0 Å². The average molecular weight is 227 g/mol. The van der Waals surface area contributed by atoms with E-state index in [9.17, 15) is 0 Å². The van der Waals surface area contributed by atoms with Crippen LogP contribution in [0.5, 0.6) is 0 Å². The minimum Gasteiger partial charge on any atom is -0.382 e. The molecule has 0 aliphatic heterocycles. The van der Waals surface area contributed by atoms with Crippen molar-refractivity contribution in [3.8, 4) is 11.3 Å². The maximum absolute atomic E-state index is 5.90. The summed E-state index contributed by atoms with van der Waals surface area (Å²) in [4.78, 5) is 0. The quantitative estimate of drug-likeness (QED) is 0.876. The van der Waals surface area contributed by atoms with Crippen LogP contribution >= 0.6 is 0 Å². The topological polar surface area (TPSA) is 43.8 Å². The number of anilines is 1. The van der Waals surface area contributed by atoms with Gasteiger partial charge < -0.3 is 5.73 Å². The standard InChI is InChI=1S/C14H17N3/c1-4-10-6-8-11(9-7-10)13-12(5-2)14(15)16-17(13)3/h4,6-9H,1,5H2,2-3H3,(H2,15,16). The van der Waals surface area contributed by atoms with Crippen LogP contribution in [0, 0.1) is 0 Å². The van der Waals surface area contributed by atoms with Crippen LogP contribution in [0.1, 0.15) is 18.1 Å². The minimum atomic E-state index is 0.623. The molecule has 1 heterocycles. The summed E-state index contributed by atoms with van der Waals surface area (Å²) >= 11 is 0. The molecule has 2 rings (SSSR count). The first-order valence-electron chi connectivity index (χ1n) is 5.71. The highest BCUT2D eigenvalue weighted by Gasteiger charge is 2.13. The largest absolute Gasteiger partial charge is 0.382 e. The number of rotatable bonds is 3. The predicted octanol–water partition coefficient (Wildman–Crippen LogP) is 2.87. The van der Waals surface area contributed by atoms with Gasteiger partial charge in [-0.15, -0.1) is 0 Å². The Morgan fingerprint density at radius 3 is 2.53 bits per heavy atom. The van der Waals surface area contributed by atoms with E-state index in [1.165, 1.54) is 0 Å². The van der Waals surface area contributed by atoms with Gasteiger partial charge in [-0.3, -0.25) is 4.68 Å². The molecule has 2 N–H and O–H groups in total. The minimum absolute atomic E-state index is 0.623. The summed E-state index contributed by atoms with van der Waals surface area (Å²) in [6, 6.07) is 8.25. The van der Waals surface area contributed by atoms with Crippen molar-refractivity contribution in [2.75, 3.05) is 5.73 Å². The lowest BCUT2D eigenvalue weighted by atomic mass is 10.0. The maximum atomic E-state index is 5.90. The Balaban J connectivity index is 2.55. The van der Waals surface area contributed by atoms with Gasteiger partial charge in [0.15, 0.2) is 0 Å². The van der Waals surface area contributed by atoms with E-state index >= 15 is 0 Å². The van der Waals surface area contributed by atoms with Gasteiger partial charge in [0.1, 0.15) is 5.82 Å². The number of nitrogens with zero attached hydrogens (tertiary/aromatic N) is 2. The molecule has 1 aromatic carbocycles. The van der Waals surface area contributed by atoms with E-state index in [-0.39, 0.29) is 0 Å². The van der Waals surface area contributed by atoms with Gasteiger partial charge in [0.05, 0.1) is 5.69 Å². The van der Waals surface area contributed by atoms with E-state index in [0.29, 0.717) is 5.82 Å². The summed E-state index contributed by atoms with van der Waals surface area (Å²) in [6.07, 6.45) is 2.72. The number of benzene rings is 1. The Bertz CT molecular complexity index is 535. The van der Waals surface area contributed by atoms with Crippen molar-refractivity contribution in [2.24, 2.45) is 7.05 Å². The average Bonchev–Trinajstić information content (AvgIpc) is 2.63. The van der Waals surface area contributed by atoms with Gasteiger partial charge in [0.25, 0.3) is 0 Å². The van der Waals surface area contributed by atoms with Crippen LogP contribution in [0.25, 0.3) is 17.3 Å². The van der Waals surface area contributed by atoms with Crippen LogP contribution in [0.15, 0.2) is 30.8 Å². The summed E-state index contributed by atoms with van der Waals surface area (Å²) in [5, 5.41) is 4.28. The van der Waals surface area contributed by atoms with Gasteiger partial charge in [0, 0.05) is 18.2 Å². The van der Waals surface area contributed by atoms with Crippen LogP contribution in [0.2, 0.25) is 0 Å². The van der Waals surface area contributed by atoms with Crippen molar-refractivity contribution < 1.29 is 0 Å². The van der Waals surface area contributed by atoms with Crippen molar-refractivity contribution in [1.82, 2.24) is 9.78 Å². The smallest absolute Gasteiger partial charge is 0.149 e. The molecule has 2 aromatic rings. The normalized spacial score (nSPS) is 10.5. The van der Waals surface area contributed by atoms with Crippen LogP contribution in [0.4, 0.5) is 5.82 Å². The highest BCUT2D eigenvalue weighted by molar-refractivity contribution is 5.69. The van der Waals surface area contributed by atoms with E-state index in [2.05, 4.69) is 30.7 Å². The van der Waals surface area contributed by atoms with E-state index in [1.54, 1.807) is 0 Å². The second-order valence-corrected chi connectivity index (χ2v) is 4.02. The highest BCUT2D eigenvalue weighted by Crippen LogP contribution is 2.27. The molecule has 0 bridgehead atoms. The molecular formula is C14H17N3. The monoisotopic (exact) mass is 227 g/mol. The molecule has 3 nitrogen and oxygen atoms in total. The SMILES string of the molecule is C=Cc1ccc(-c2c(CC)c(N)nn2C)cc1. The van der Waals surface area contributed by atoms with Gasteiger partial charge in [0.2, 0.25) is 0 Å². The second-order valence-electron chi connectivity index (χ2n) is 4.02. The lowest BCUT2D eigenvalue weighted by Gasteiger charge is -2.05. The molecule has 0 saturated carbocycles. The summed E-state index contributed by atoms with van der Waals surface area (Å²) in [7, 11) is 1.92. The Morgan fingerprint density at radius 1 is 1.35 bits per heavy atom. The first kappa shape index (κ1) is 11.5. The van der Waals surface area contributed by atoms with Crippen molar-refractivity contribution in [1.29, 1.82) is 0 Å². The fourth-order valence-corrected chi connectivity index (χ4v) is 2.08. The molecule has 0 amide bonds. The van der Waals surface area contributed by atoms with Gasteiger partial charge in [-0.2, -0.15) is 5.10 Å². The maximum Gasteiger partial charge on any atom is 0.149 e. The Morgan fingerprint density at radius 2 is 2.00 bits per heavy atom. The second kappa shape index (κ2) is 4.45. The van der Waals surface area contributed by atoms with Crippen LogP contribution in [-0.4, -0.2) is 9.78 Å². The number of aromatic nitrogens is 2. The van der Waals surface area contributed by atoms with Gasteiger partial charge in [-0.25, -0.2) is 0 Å². The van der Waals surface area contributed by atoms with E-state index in [1.807, 2.05) is 29.9 Å². The molecule has 0 atom stereocenters. The van der Waals surface area contributed by atoms with Crippen molar-refractivity contribution >= 4 is 11.9 Å². The van der Waals surface area contributed by atoms with Gasteiger partial charge in [-0.05, 0) is 12.0 Å². The molecule has 1 aromatic heterocycles. The summed E-state index contributed by atoms with van der Waals surface area (Å²) in [5.74, 6) is 0.623. The third-order valence-electron chi connectivity index (χ3n) is 2.95. The number of hydrogen-bond acceptors (Lipinski definition) is 2. The Labute approximate surface area is 102 Å². The number of nitrogen functional groups attached to an aromatic ring is 1. The van der Waals surface area contributed by atoms with Crippen molar-refractivity contribution in [2.45, 2.75) is 13.3 Å². The molecular weight excluding hydrogens is 210 g/mol. The first-order valence-corrected chi connectivity index (χ1v) is 5.71. The van der Waals surface area contributed by atoms with Crippen LogP contribution in [0.3, 0.4) is 0 Å². The number of aryl methyl sites for hydroxylation is 1. The molecule has 0 aliphatic carbocycles. The highest BCUT2D eigenvalue weighted by atomic mass is 15.3. The number of hydrogen-bond donors (Lipinski definition) is 1.